The van der Waals surface area contributed by atoms with Crippen LogP contribution in [-0.2, 0) is 6.54 Å². The van der Waals surface area contributed by atoms with Gasteiger partial charge in [0.25, 0.3) is 0 Å². The molecule has 4 aromatic rings. The summed E-state index contributed by atoms with van der Waals surface area (Å²) in [6.45, 7) is 2.83. The Morgan fingerprint density at radius 1 is 1.00 bits per heavy atom. The Kier molecular flexibility index (Phi) is 4.27. The topological polar surface area (TPSA) is 54.8 Å². The molecule has 0 saturated carbocycles. The molecule has 4 rings (SSSR count). The minimum absolute atomic E-state index is 0.751. The molecule has 0 unspecified atom stereocenters. The first-order valence-electron chi connectivity index (χ1n) is 8.64. The molecule has 0 saturated heterocycles. The van der Waals surface area contributed by atoms with Gasteiger partial charge in [-0.25, -0.2) is 9.97 Å². The quantitative estimate of drug-likeness (QED) is 0.557. The molecule has 0 aliphatic heterocycles. The monoisotopic (exact) mass is 343 g/mol. The van der Waals surface area contributed by atoms with Crippen molar-refractivity contribution in [3.63, 3.8) is 0 Å². The zero-order chi connectivity index (χ0) is 17.9. The number of hydrogen-bond acceptors (Lipinski definition) is 4. The van der Waals surface area contributed by atoms with Gasteiger partial charge >= 0.3 is 0 Å². The highest BCUT2D eigenvalue weighted by Gasteiger charge is 2.11. The predicted octanol–water partition coefficient (Wildman–Crippen LogP) is 4.57. The second-order valence-corrected chi connectivity index (χ2v) is 6.31. The summed E-state index contributed by atoms with van der Waals surface area (Å²) < 4.78 is 2.17. The Morgan fingerprint density at radius 2 is 1.85 bits per heavy atom. The lowest BCUT2D eigenvalue weighted by molar-refractivity contribution is 0.832. The van der Waals surface area contributed by atoms with Gasteiger partial charge < -0.3 is 15.2 Å². The summed E-state index contributed by atoms with van der Waals surface area (Å²) in [5.74, 6) is 1.64. The predicted molar refractivity (Wildman–Crippen MR) is 107 cm³/mol. The molecule has 2 aromatic carbocycles. The van der Waals surface area contributed by atoms with Gasteiger partial charge in [0.15, 0.2) is 0 Å². The molecule has 2 N–H and O–H groups in total. The first kappa shape index (κ1) is 16.1. The lowest BCUT2D eigenvalue weighted by Crippen LogP contribution is -2.05. The van der Waals surface area contributed by atoms with Crippen LogP contribution in [0.25, 0.3) is 11.0 Å². The van der Waals surface area contributed by atoms with E-state index in [1.165, 1.54) is 11.1 Å². The van der Waals surface area contributed by atoms with E-state index in [4.69, 9.17) is 0 Å². The van der Waals surface area contributed by atoms with Crippen LogP contribution in [0, 0.1) is 6.92 Å². The summed E-state index contributed by atoms with van der Waals surface area (Å²) in [6.07, 6.45) is 1.82. The van der Waals surface area contributed by atoms with Gasteiger partial charge in [-0.05, 0) is 30.2 Å². The van der Waals surface area contributed by atoms with Crippen molar-refractivity contribution in [1.82, 2.24) is 14.5 Å². The molecule has 5 heteroatoms. The van der Waals surface area contributed by atoms with Gasteiger partial charge in [-0.2, -0.15) is 0 Å². The minimum atomic E-state index is 0.751. The van der Waals surface area contributed by atoms with Crippen LogP contribution in [0.15, 0.2) is 66.9 Å². The molecule has 130 valence electrons. The van der Waals surface area contributed by atoms with Crippen molar-refractivity contribution in [3.05, 3.63) is 78.0 Å². The van der Waals surface area contributed by atoms with Gasteiger partial charge in [-0.15, -0.1) is 0 Å². The summed E-state index contributed by atoms with van der Waals surface area (Å²) >= 11 is 0. The molecule has 0 fully saturated rings. The maximum Gasteiger partial charge on any atom is 0.203 e. The van der Waals surface area contributed by atoms with Crippen molar-refractivity contribution >= 4 is 28.5 Å². The number of nitrogens with zero attached hydrogens (tertiary/aromatic N) is 3. The molecule has 0 aliphatic rings. The van der Waals surface area contributed by atoms with E-state index < -0.39 is 0 Å². The van der Waals surface area contributed by atoms with Gasteiger partial charge in [-0.1, -0.05) is 42.5 Å². The zero-order valence-corrected chi connectivity index (χ0v) is 14.9. The molecule has 0 spiro atoms. The largest absolute Gasteiger partial charge is 0.359 e. The van der Waals surface area contributed by atoms with E-state index in [0.29, 0.717) is 0 Å². The van der Waals surface area contributed by atoms with E-state index in [2.05, 4.69) is 74.6 Å². The second kappa shape index (κ2) is 6.88. The number of rotatable bonds is 5. The summed E-state index contributed by atoms with van der Waals surface area (Å²) in [4.78, 5) is 9.16. The zero-order valence-electron chi connectivity index (χ0n) is 14.9. The number of anilines is 3. The summed E-state index contributed by atoms with van der Waals surface area (Å²) in [5, 5.41) is 6.57. The highest BCUT2D eigenvalue weighted by atomic mass is 15.2. The van der Waals surface area contributed by atoms with Crippen LogP contribution in [0.3, 0.4) is 0 Å². The third-order valence-electron chi connectivity index (χ3n) is 4.33. The highest BCUT2D eigenvalue weighted by Crippen LogP contribution is 2.24. The Bertz CT molecular complexity index is 1040. The average molecular weight is 343 g/mol. The summed E-state index contributed by atoms with van der Waals surface area (Å²) in [5.41, 5.74) is 5.39. The fourth-order valence-corrected chi connectivity index (χ4v) is 3.08. The molecule has 0 radical (unpaired) electrons. The van der Waals surface area contributed by atoms with Crippen LogP contribution in [-0.4, -0.2) is 21.6 Å². The summed E-state index contributed by atoms with van der Waals surface area (Å²) in [6, 6.07) is 20.7. The number of pyridine rings is 1. The van der Waals surface area contributed by atoms with Crippen molar-refractivity contribution in [2.75, 3.05) is 17.7 Å². The van der Waals surface area contributed by atoms with Gasteiger partial charge in [0, 0.05) is 18.8 Å². The molecule has 5 nitrogen and oxygen atoms in total. The van der Waals surface area contributed by atoms with Crippen LogP contribution >= 0.6 is 0 Å². The molecule has 2 aromatic heterocycles. The normalized spacial score (nSPS) is 10.8. The molecular weight excluding hydrogens is 322 g/mol. The third kappa shape index (κ3) is 3.24. The number of nitrogens with one attached hydrogen (secondary N) is 2. The Hall–Kier alpha value is -3.34. The Morgan fingerprint density at radius 3 is 2.62 bits per heavy atom. The number of aryl methyl sites for hydroxylation is 1. The van der Waals surface area contributed by atoms with Gasteiger partial charge in [-0.3, -0.25) is 0 Å². The third-order valence-corrected chi connectivity index (χ3v) is 4.33. The van der Waals surface area contributed by atoms with Crippen molar-refractivity contribution in [3.8, 4) is 0 Å². The van der Waals surface area contributed by atoms with E-state index in [0.717, 1.165) is 35.0 Å². The highest BCUT2D eigenvalue weighted by molar-refractivity contribution is 5.81. The van der Waals surface area contributed by atoms with Crippen molar-refractivity contribution in [2.24, 2.45) is 0 Å². The second-order valence-electron chi connectivity index (χ2n) is 6.31. The van der Waals surface area contributed by atoms with Crippen LogP contribution in [0.2, 0.25) is 0 Å². The standard InChI is InChI=1S/C21H21N5/c1-15-7-6-10-17(11-15)24-20-12-19-18(13-23-20)25-21(22-2)26(19)14-16-8-4-3-5-9-16/h3-13H,14H2,1-2H3,(H,22,25)(H,23,24). The van der Waals surface area contributed by atoms with Crippen LogP contribution in [0.1, 0.15) is 11.1 Å². The lowest BCUT2D eigenvalue weighted by Gasteiger charge is -2.10. The SMILES string of the molecule is CNc1nc2cnc(Nc3cccc(C)c3)cc2n1Cc1ccccc1. The Balaban J connectivity index is 1.73. The van der Waals surface area contributed by atoms with Gasteiger partial charge in [0.2, 0.25) is 5.95 Å². The van der Waals surface area contributed by atoms with Crippen LogP contribution in [0.5, 0.6) is 0 Å². The number of imidazole rings is 1. The van der Waals surface area contributed by atoms with Crippen LogP contribution in [0.4, 0.5) is 17.5 Å². The molecule has 2 heterocycles. The fourth-order valence-electron chi connectivity index (χ4n) is 3.08. The summed E-state index contributed by atoms with van der Waals surface area (Å²) in [7, 11) is 1.89. The van der Waals surface area contributed by atoms with E-state index in [1.807, 2.05) is 31.4 Å². The number of benzene rings is 2. The number of fused-ring (bicyclic) bond motifs is 1. The van der Waals surface area contributed by atoms with Crippen molar-refractivity contribution in [2.45, 2.75) is 13.5 Å². The Labute approximate surface area is 152 Å². The molecule has 0 aliphatic carbocycles. The van der Waals surface area contributed by atoms with Crippen LogP contribution < -0.4 is 10.6 Å². The minimum Gasteiger partial charge on any atom is -0.359 e. The van der Waals surface area contributed by atoms with E-state index in [1.54, 1.807) is 0 Å². The lowest BCUT2D eigenvalue weighted by atomic mass is 10.2. The van der Waals surface area contributed by atoms with E-state index in [9.17, 15) is 0 Å². The van der Waals surface area contributed by atoms with Gasteiger partial charge in [0.1, 0.15) is 11.3 Å². The van der Waals surface area contributed by atoms with Crippen molar-refractivity contribution < 1.29 is 0 Å². The molecule has 0 amide bonds. The van der Waals surface area contributed by atoms with Crippen molar-refractivity contribution in [1.29, 1.82) is 0 Å². The smallest absolute Gasteiger partial charge is 0.203 e. The first-order valence-corrected chi connectivity index (χ1v) is 8.64. The molecule has 26 heavy (non-hydrogen) atoms. The van der Waals surface area contributed by atoms with E-state index >= 15 is 0 Å². The molecule has 0 atom stereocenters. The first-order chi connectivity index (χ1) is 12.7. The average Bonchev–Trinajstić information content (AvgIpc) is 3.00. The number of aromatic nitrogens is 3. The fraction of sp³-hybridized carbons (Fsp3) is 0.143. The van der Waals surface area contributed by atoms with E-state index in [-0.39, 0.29) is 0 Å². The maximum absolute atomic E-state index is 4.65. The van der Waals surface area contributed by atoms with Gasteiger partial charge in [0.05, 0.1) is 18.3 Å². The molecule has 0 bridgehead atoms. The maximum atomic E-state index is 4.65. The number of hydrogen-bond donors (Lipinski definition) is 2. The molecular formula is C21H21N5.